The van der Waals surface area contributed by atoms with Crippen LogP contribution in [-0.2, 0) is 0 Å². The summed E-state index contributed by atoms with van der Waals surface area (Å²) in [5.41, 5.74) is 5.91. The van der Waals surface area contributed by atoms with Gasteiger partial charge in [-0.15, -0.1) is 0 Å². The van der Waals surface area contributed by atoms with Crippen molar-refractivity contribution in [3.05, 3.63) is 28.6 Å². The van der Waals surface area contributed by atoms with Crippen molar-refractivity contribution in [1.82, 2.24) is 14.6 Å². The summed E-state index contributed by atoms with van der Waals surface area (Å²) in [6, 6.07) is 0. The molecule has 0 radical (unpaired) electrons. The lowest BCUT2D eigenvalue weighted by Crippen LogP contribution is -2.10. The highest BCUT2D eigenvalue weighted by Gasteiger charge is 2.09. The van der Waals surface area contributed by atoms with Gasteiger partial charge in [0, 0.05) is 12.4 Å². The molecule has 2 aromatic rings. The molecule has 0 bridgehead atoms. The number of halogens is 1. The highest BCUT2D eigenvalue weighted by molar-refractivity contribution is 9.10. The average Bonchev–Trinajstić information content (AvgIpc) is 2.46. The van der Waals surface area contributed by atoms with Crippen molar-refractivity contribution in [2.45, 2.75) is 0 Å². The summed E-state index contributed by atoms with van der Waals surface area (Å²) in [6.07, 6.45) is 4.69. The molecule has 2 N–H and O–H groups in total. The molecule has 13 heavy (non-hydrogen) atoms. The molecule has 0 unspecified atom stereocenters. The smallest absolute Gasteiger partial charge is 0.254 e. The van der Waals surface area contributed by atoms with Crippen molar-refractivity contribution in [3.8, 4) is 0 Å². The summed E-state index contributed by atoms with van der Waals surface area (Å²) in [5.74, 6) is -0.523. The summed E-state index contributed by atoms with van der Waals surface area (Å²) in [6.45, 7) is 0. The van der Waals surface area contributed by atoms with Gasteiger partial charge in [-0.05, 0) is 15.9 Å². The Balaban J connectivity index is 2.76. The number of fused-ring (bicyclic) bond motifs is 1. The molecule has 0 spiro atoms. The molecule has 0 aliphatic carbocycles. The van der Waals surface area contributed by atoms with Crippen LogP contribution in [0.25, 0.3) is 5.65 Å². The topological polar surface area (TPSA) is 73.3 Å². The summed E-state index contributed by atoms with van der Waals surface area (Å²) >= 11 is 3.24. The minimum atomic E-state index is -0.523. The average molecular weight is 241 g/mol. The largest absolute Gasteiger partial charge is 0.365 e. The maximum atomic E-state index is 10.9. The molecule has 2 aromatic heterocycles. The number of rotatable bonds is 1. The fraction of sp³-hybridized carbons (Fsp3) is 0. The first kappa shape index (κ1) is 8.18. The molecule has 2 rings (SSSR count). The Hall–Kier alpha value is -1.43. The summed E-state index contributed by atoms with van der Waals surface area (Å²) in [7, 11) is 0. The number of hydrogen-bond acceptors (Lipinski definition) is 3. The summed E-state index contributed by atoms with van der Waals surface area (Å²) in [5, 5.41) is 3.92. The number of primary amides is 1. The molecule has 66 valence electrons. The van der Waals surface area contributed by atoms with Crippen molar-refractivity contribution in [3.63, 3.8) is 0 Å². The quantitative estimate of drug-likeness (QED) is 0.793. The van der Waals surface area contributed by atoms with E-state index in [-0.39, 0.29) is 0 Å². The van der Waals surface area contributed by atoms with Gasteiger partial charge < -0.3 is 5.73 Å². The molecule has 0 fully saturated rings. The number of nitrogens with zero attached hydrogens (tertiary/aromatic N) is 3. The molecule has 0 saturated carbocycles. The van der Waals surface area contributed by atoms with Gasteiger partial charge in [0.05, 0.1) is 10.7 Å². The molecular weight excluding hydrogens is 236 g/mol. The second kappa shape index (κ2) is 2.81. The molecule has 2 heterocycles. The summed E-state index contributed by atoms with van der Waals surface area (Å²) < 4.78 is 2.28. The normalized spacial score (nSPS) is 10.5. The molecule has 0 atom stereocenters. The lowest BCUT2D eigenvalue weighted by molar-refractivity contribution is 0.100. The minimum absolute atomic E-state index is 0.326. The van der Waals surface area contributed by atoms with Gasteiger partial charge in [-0.2, -0.15) is 5.10 Å². The number of hydrogen-bond donors (Lipinski definition) is 1. The van der Waals surface area contributed by atoms with Crippen LogP contribution in [0.3, 0.4) is 0 Å². The van der Waals surface area contributed by atoms with Crippen LogP contribution in [0.5, 0.6) is 0 Å². The third-order valence-electron chi connectivity index (χ3n) is 1.59. The minimum Gasteiger partial charge on any atom is -0.365 e. The van der Waals surface area contributed by atoms with E-state index in [1.807, 2.05) is 0 Å². The van der Waals surface area contributed by atoms with E-state index < -0.39 is 5.91 Å². The predicted octanol–water partition coefficient (Wildman–Crippen LogP) is 0.591. The van der Waals surface area contributed by atoms with Crippen molar-refractivity contribution >= 4 is 27.5 Å². The van der Waals surface area contributed by atoms with Gasteiger partial charge in [-0.1, -0.05) is 0 Å². The van der Waals surface area contributed by atoms with Gasteiger partial charge >= 0.3 is 0 Å². The second-order valence-corrected chi connectivity index (χ2v) is 3.38. The zero-order chi connectivity index (χ0) is 9.42. The standard InChI is InChI=1S/C7H5BrN4O/c8-4-1-10-7-5(6(9)13)2-11-12(7)3-4/h1-3H,(H2,9,13). The molecular formula is C7H5BrN4O. The zero-order valence-corrected chi connectivity index (χ0v) is 8.02. The van der Waals surface area contributed by atoms with Crippen LogP contribution in [0.2, 0.25) is 0 Å². The Morgan fingerprint density at radius 3 is 3.00 bits per heavy atom. The fourth-order valence-corrected chi connectivity index (χ4v) is 1.32. The Bertz CT molecular complexity index is 478. The Kier molecular flexibility index (Phi) is 1.77. The van der Waals surface area contributed by atoms with Crippen LogP contribution >= 0.6 is 15.9 Å². The third-order valence-corrected chi connectivity index (χ3v) is 2.00. The van der Waals surface area contributed by atoms with Gasteiger partial charge in [0.1, 0.15) is 5.56 Å². The third kappa shape index (κ3) is 1.29. The van der Waals surface area contributed by atoms with Crippen LogP contribution in [0.1, 0.15) is 10.4 Å². The van der Waals surface area contributed by atoms with E-state index in [1.165, 1.54) is 10.7 Å². The lowest BCUT2D eigenvalue weighted by atomic mass is 10.3. The molecule has 0 aromatic carbocycles. The highest BCUT2D eigenvalue weighted by atomic mass is 79.9. The van der Waals surface area contributed by atoms with Gasteiger partial charge in [0.2, 0.25) is 0 Å². The first-order chi connectivity index (χ1) is 6.18. The fourth-order valence-electron chi connectivity index (χ4n) is 1.03. The number of carbonyl (C=O) groups is 1. The van der Waals surface area contributed by atoms with E-state index in [1.54, 1.807) is 12.4 Å². The van der Waals surface area contributed by atoms with E-state index >= 15 is 0 Å². The SMILES string of the molecule is NC(=O)c1cnn2cc(Br)cnc12. The molecule has 0 aliphatic heterocycles. The molecule has 1 amide bonds. The van der Waals surface area contributed by atoms with E-state index in [4.69, 9.17) is 5.73 Å². The van der Waals surface area contributed by atoms with Crippen LogP contribution in [0.15, 0.2) is 23.1 Å². The van der Waals surface area contributed by atoms with Gasteiger partial charge in [0.25, 0.3) is 5.91 Å². The monoisotopic (exact) mass is 240 g/mol. The highest BCUT2D eigenvalue weighted by Crippen LogP contribution is 2.11. The number of aromatic nitrogens is 3. The molecule has 0 saturated heterocycles. The number of nitrogens with two attached hydrogens (primary N) is 1. The van der Waals surface area contributed by atoms with Gasteiger partial charge in [0.15, 0.2) is 5.65 Å². The maximum Gasteiger partial charge on any atom is 0.254 e. The van der Waals surface area contributed by atoms with Crippen LogP contribution in [0.4, 0.5) is 0 Å². The number of carbonyl (C=O) groups excluding carboxylic acids is 1. The van der Waals surface area contributed by atoms with E-state index in [0.29, 0.717) is 11.2 Å². The van der Waals surface area contributed by atoms with Crippen molar-refractivity contribution < 1.29 is 4.79 Å². The van der Waals surface area contributed by atoms with Gasteiger partial charge in [-0.25, -0.2) is 9.50 Å². The Labute approximate surface area is 81.7 Å². The van der Waals surface area contributed by atoms with Gasteiger partial charge in [-0.3, -0.25) is 4.79 Å². The maximum absolute atomic E-state index is 10.9. The van der Waals surface area contributed by atoms with Crippen LogP contribution < -0.4 is 5.73 Å². The Morgan fingerprint density at radius 2 is 2.31 bits per heavy atom. The second-order valence-electron chi connectivity index (χ2n) is 2.46. The van der Waals surface area contributed by atoms with Crippen molar-refractivity contribution in [1.29, 1.82) is 0 Å². The van der Waals surface area contributed by atoms with E-state index in [9.17, 15) is 4.79 Å². The van der Waals surface area contributed by atoms with Crippen LogP contribution in [-0.4, -0.2) is 20.5 Å². The molecule has 5 nitrogen and oxygen atoms in total. The number of amides is 1. The Morgan fingerprint density at radius 1 is 1.54 bits per heavy atom. The predicted molar refractivity (Wildman–Crippen MR) is 49.2 cm³/mol. The van der Waals surface area contributed by atoms with Crippen LogP contribution in [0, 0.1) is 0 Å². The van der Waals surface area contributed by atoms with E-state index in [0.717, 1.165) is 4.47 Å². The van der Waals surface area contributed by atoms with Crippen molar-refractivity contribution in [2.24, 2.45) is 5.73 Å². The van der Waals surface area contributed by atoms with E-state index in [2.05, 4.69) is 26.0 Å². The zero-order valence-electron chi connectivity index (χ0n) is 6.44. The first-order valence-electron chi connectivity index (χ1n) is 3.47. The lowest BCUT2D eigenvalue weighted by Gasteiger charge is -1.93. The first-order valence-corrected chi connectivity index (χ1v) is 4.26. The molecule has 6 heteroatoms. The summed E-state index contributed by atoms with van der Waals surface area (Å²) in [4.78, 5) is 14.9. The van der Waals surface area contributed by atoms with Crippen molar-refractivity contribution in [2.75, 3.05) is 0 Å². The molecule has 0 aliphatic rings.